The van der Waals surface area contributed by atoms with Crippen molar-refractivity contribution >= 4 is 21.7 Å². The summed E-state index contributed by atoms with van der Waals surface area (Å²) in [6.07, 6.45) is 5.46. The third kappa shape index (κ3) is 5.74. The largest absolute Gasteiger partial charge is 0.393 e. The highest BCUT2D eigenvalue weighted by atomic mass is 32.2. The van der Waals surface area contributed by atoms with Gasteiger partial charge in [-0.25, -0.2) is 0 Å². The van der Waals surface area contributed by atoms with Crippen LogP contribution >= 0.6 is 0 Å². The van der Waals surface area contributed by atoms with Crippen LogP contribution in [0.3, 0.4) is 0 Å². The van der Waals surface area contributed by atoms with Gasteiger partial charge in [-0.3, -0.25) is 9.35 Å². The molecule has 1 amide bonds. The molecule has 0 saturated heterocycles. The van der Waals surface area contributed by atoms with Crippen LogP contribution in [0.15, 0.2) is 30.3 Å². The van der Waals surface area contributed by atoms with Crippen LogP contribution in [-0.2, 0) is 14.9 Å². The summed E-state index contributed by atoms with van der Waals surface area (Å²) < 4.78 is 32.2. The summed E-state index contributed by atoms with van der Waals surface area (Å²) in [6, 6.07) is 8.93. The van der Waals surface area contributed by atoms with E-state index in [1.54, 1.807) is 24.3 Å². The molecular weight excluding hydrogens is 542 g/mol. The zero-order valence-electron chi connectivity index (χ0n) is 24.7. The van der Waals surface area contributed by atoms with Crippen LogP contribution in [0.4, 0.5) is 5.69 Å². The smallest absolute Gasteiger partial charge is 0.266 e. The van der Waals surface area contributed by atoms with Crippen LogP contribution in [0.2, 0.25) is 0 Å². The fourth-order valence-electron chi connectivity index (χ4n) is 10.0. The Bertz CT molecular complexity index is 1190. The molecule has 230 valence electrons. The summed E-state index contributed by atoms with van der Waals surface area (Å²) >= 11 is 0. The van der Waals surface area contributed by atoms with E-state index in [2.05, 4.69) is 20.8 Å². The SMILES string of the molecule is C[C@H](CCC(=O)N(CCS(=O)(=O)O)c1ccccc1)[C@H]1CC[C@H]2[C@@H]3[C@H](O)C[C@@H]4C[C@H](O)CC[C@]4(C)[C@H]3C[C@H](O)[C@]12C. The van der Waals surface area contributed by atoms with Gasteiger partial charge in [0.05, 0.1) is 24.1 Å². The Morgan fingerprint density at radius 2 is 1.73 bits per heavy atom. The lowest BCUT2D eigenvalue weighted by molar-refractivity contribution is -0.207. The molecule has 4 saturated carbocycles. The van der Waals surface area contributed by atoms with E-state index in [4.69, 9.17) is 0 Å². The van der Waals surface area contributed by atoms with Gasteiger partial charge in [-0.2, -0.15) is 8.42 Å². The number of aliphatic hydroxyl groups excluding tert-OH is 3. The van der Waals surface area contributed by atoms with Crippen molar-refractivity contribution in [2.75, 3.05) is 17.2 Å². The number of amides is 1. The van der Waals surface area contributed by atoms with Crippen molar-refractivity contribution in [1.82, 2.24) is 0 Å². The Kier molecular flexibility index (Phi) is 8.69. The second-order valence-electron chi connectivity index (χ2n) is 14.2. The van der Waals surface area contributed by atoms with E-state index in [0.29, 0.717) is 18.5 Å². The van der Waals surface area contributed by atoms with E-state index in [9.17, 15) is 33.1 Å². The van der Waals surface area contributed by atoms with Crippen molar-refractivity contribution in [3.8, 4) is 0 Å². The monoisotopic (exact) mass is 591 g/mol. The van der Waals surface area contributed by atoms with Crippen LogP contribution in [0.25, 0.3) is 0 Å². The number of rotatable bonds is 8. The fourth-order valence-corrected chi connectivity index (χ4v) is 10.4. The highest BCUT2D eigenvalue weighted by Crippen LogP contribution is 2.68. The number of carbonyl (C=O) groups is 1. The number of anilines is 1. The number of aliphatic hydroxyl groups is 3. The maximum atomic E-state index is 13.4. The molecule has 0 aliphatic heterocycles. The maximum absolute atomic E-state index is 13.4. The molecule has 4 aliphatic rings. The van der Waals surface area contributed by atoms with Crippen molar-refractivity contribution in [2.24, 2.45) is 46.3 Å². The number of fused-ring (bicyclic) bond motifs is 5. The van der Waals surface area contributed by atoms with Gasteiger partial charge >= 0.3 is 0 Å². The second-order valence-corrected chi connectivity index (χ2v) is 15.8. The van der Waals surface area contributed by atoms with Crippen molar-refractivity contribution in [3.05, 3.63) is 30.3 Å². The predicted molar refractivity (Wildman–Crippen MR) is 158 cm³/mol. The van der Waals surface area contributed by atoms with Gasteiger partial charge < -0.3 is 20.2 Å². The summed E-state index contributed by atoms with van der Waals surface area (Å²) in [5.74, 6) is 0.559. The van der Waals surface area contributed by atoms with Gasteiger partial charge in [0, 0.05) is 18.7 Å². The lowest BCUT2D eigenvalue weighted by Crippen LogP contribution is -2.62. The third-order valence-electron chi connectivity index (χ3n) is 12.3. The topological polar surface area (TPSA) is 135 Å². The van der Waals surface area contributed by atoms with E-state index in [0.717, 1.165) is 38.5 Å². The number of nitrogens with zero attached hydrogens (tertiary/aromatic N) is 1. The van der Waals surface area contributed by atoms with Crippen molar-refractivity contribution in [2.45, 2.75) is 96.9 Å². The Hall–Kier alpha value is -1.52. The molecule has 8 nitrogen and oxygen atoms in total. The van der Waals surface area contributed by atoms with Gasteiger partial charge in [0.1, 0.15) is 0 Å². The van der Waals surface area contributed by atoms with Gasteiger partial charge in [-0.15, -0.1) is 0 Å². The van der Waals surface area contributed by atoms with Crippen LogP contribution < -0.4 is 4.90 Å². The summed E-state index contributed by atoms with van der Waals surface area (Å²) in [5, 5.41) is 33.7. The molecule has 5 rings (SSSR count). The zero-order chi connectivity index (χ0) is 29.7. The van der Waals surface area contributed by atoms with Crippen molar-refractivity contribution < 1.29 is 33.1 Å². The lowest BCUT2D eigenvalue weighted by Gasteiger charge is -2.63. The lowest BCUT2D eigenvalue weighted by atomic mass is 9.43. The fraction of sp³-hybridized carbons (Fsp3) is 0.781. The average Bonchev–Trinajstić information content (AvgIpc) is 3.27. The minimum Gasteiger partial charge on any atom is -0.393 e. The summed E-state index contributed by atoms with van der Waals surface area (Å²) in [7, 11) is -4.22. The number of para-hydroxylation sites is 1. The van der Waals surface area contributed by atoms with Crippen LogP contribution in [0, 0.1) is 46.3 Å². The van der Waals surface area contributed by atoms with Crippen LogP contribution in [0.5, 0.6) is 0 Å². The molecule has 4 N–H and O–H groups in total. The predicted octanol–water partition coefficient (Wildman–Crippen LogP) is 4.29. The number of hydrogen-bond donors (Lipinski definition) is 4. The summed E-state index contributed by atoms with van der Waals surface area (Å²) in [6.45, 7) is 6.59. The molecule has 11 atom stereocenters. The van der Waals surface area contributed by atoms with Crippen LogP contribution in [-0.4, -0.2) is 64.8 Å². The Morgan fingerprint density at radius 3 is 2.41 bits per heavy atom. The Morgan fingerprint density at radius 1 is 1.02 bits per heavy atom. The quantitative estimate of drug-likeness (QED) is 0.331. The zero-order valence-corrected chi connectivity index (χ0v) is 25.5. The average molecular weight is 592 g/mol. The minimum atomic E-state index is -4.22. The molecule has 1 aromatic rings. The third-order valence-corrected chi connectivity index (χ3v) is 13.0. The van der Waals surface area contributed by atoms with Gasteiger partial charge in [-0.05, 0) is 110 Å². The molecule has 9 heteroatoms. The number of carbonyl (C=O) groups excluding carboxylic acids is 1. The standard InChI is InChI=1S/C32H49NO7S/c1-20(9-12-29(37)33(15-16-41(38,39)40)22-7-5-4-6-8-22)24-10-11-25-30-26(19-28(36)32(24,25)3)31(2)14-13-23(34)17-21(31)18-27(30)35/h4-8,20-21,23-28,30,34-36H,9-19H2,1-3H3,(H,38,39,40)/t20-,21+,23-,24-,25+,26+,27-,28+,30+,31+,32-/m1/s1. The van der Waals surface area contributed by atoms with Crippen molar-refractivity contribution in [3.63, 3.8) is 0 Å². The molecule has 0 spiro atoms. The molecule has 0 unspecified atom stereocenters. The molecule has 41 heavy (non-hydrogen) atoms. The van der Waals surface area contributed by atoms with Gasteiger partial charge in [0.25, 0.3) is 10.1 Å². The Balaban J connectivity index is 1.29. The first-order valence-corrected chi connectivity index (χ1v) is 17.2. The second kappa shape index (κ2) is 11.5. The van der Waals surface area contributed by atoms with E-state index in [-0.39, 0.29) is 71.3 Å². The first kappa shape index (κ1) is 30.9. The van der Waals surface area contributed by atoms with Crippen molar-refractivity contribution in [1.29, 1.82) is 0 Å². The highest BCUT2D eigenvalue weighted by molar-refractivity contribution is 7.85. The summed E-state index contributed by atoms with van der Waals surface area (Å²) in [5.41, 5.74) is 0.292. The first-order chi connectivity index (χ1) is 19.3. The van der Waals surface area contributed by atoms with Gasteiger partial charge in [-0.1, -0.05) is 39.0 Å². The van der Waals surface area contributed by atoms with E-state index < -0.39 is 28.1 Å². The molecule has 4 aliphatic carbocycles. The molecule has 0 radical (unpaired) electrons. The first-order valence-electron chi connectivity index (χ1n) is 15.6. The molecule has 1 aromatic carbocycles. The summed E-state index contributed by atoms with van der Waals surface area (Å²) in [4.78, 5) is 14.8. The molecule has 0 heterocycles. The van der Waals surface area contributed by atoms with Crippen LogP contribution in [0.1, 0.15) is 78.6 Å². The molecule has 4 fully saturated rings. The Labute approximate surface area is 245 Å². The molecule has 0 aromatic heterocycles. The minimum absolute atomic E-state index is 0.0322. The van der Waals surface area contributed by atoms with Gasteiger partial charge in [0.15, 0.2) is 0 Å². The van der Waals surface area contributed by atoms with E-state index in [1.165, 1.54) is 4.90 Å². The van der Waals surface area contributed by atoms with E-state index in [1.807, 2.05) is 6.07 Å². The normalized spacial score (nSPS) is 41.1. The highest BCUT2D eigenvalue weighted by Gasteiger charge is 2.65. The molecule has 0 bridgehead atoms. The molecular formula is C32H49NO7S. The maximum Gasteiger partial charge on any atom is 0.266 e. The van der Waals surface area contributed by atoms with E-state index >= 15 is 0 Å². The van der Waals surface area contributed by atoms with Gasteiger partial charge in [0.2, 0.25) is 5.91 Å². The number of benzene rings is 1. The number of hydrogen-bond acceptors (Lipinski definition) is 6.